The van der Waals surface area contributed by atoms with Gasteiger partial charge in [0.15, 0.2) is 12.8 Å². The molecule has 0 bridgehead atoms. The van der Waals surface area contributed by atoms with Crippen LogP contribution in [0, 0.1) is 5.82 Å². The highest BCUT2D eigenvalue weighted by Crippen LogP contribution is 2.29. The molecule has 0 amide bonds. The maximum Gasteiger partial charge on any atom is 0.213 e. The van der Waals surface area contributed by atoms with Crippen LogP contribution in [0.5, 0.6) is 5.75 Å². The number of nitrogens with zero attached hydrogens (tertiary/aromatic N) is 2. The highest BCUT2D eigenvalue weighted by molar-refractivity contribution is 5.79. The van der Waals surface area contributed by atoms with E-state index < -0.39 is 0 Å². The summed E-state index contributed by atoms with van der Waals surface area (Å²) in [7, 11) is 1.69. The minimum Gasteiger partial charge on any atom is -0.467 e. The van der Waals surface area contributed by atoms with Crippen molar-refractivity contribution in [1.29, 1.82) is 0 Å². The third-order valence-corrected chi connectivity index (χ3v) is 4.36. The largest absolute Gasteiger partial charge is 0.467 e. The molecule has 152 valence electrons. The molecule has 1 aliphatic heterocycles. The molecule has 2 heterocycles. The van der Waals surface area contributed by atoms with E-state index in [9.17, 15) is 4.39 Å². The van der Waals surface area contributed by atoms with Crippen LogP contribution in [0.25, 0.3) is 0 Å². The molecule has 0 saturated heterocycles. The molecule has 0 radical (unpaired) electrons. The third kappa shape index (κ3) is 5.01. The molecular weight excluding hydrogens is 363 g/mol. The average Bonchev–Trinajstić information content (AvgIpc) is 3.13. The average molecular weight is 390 g/mol. The summed E-state index contributed by atoms with van der Waals surface area (Å²) in [5, 5.41) is 6.38. The summed E-state index contributed by atoms with van der Waals surface area (Å²) in [6.07, 6.45) is 2.35. The Kier molecular flexibility index (Phi) is 6.18. The van der Waals surface area contributed by atoms with Gasteiger partial charge in [0.25, 0.3) is 0 Å². The zero-order valence-corrected chi connectivity index (χ0v) is 16.8. The number of nitrogens with one attached hydrogen (secondary N) is 2. The molecule has 0 spiro atoms. The molecule has 1 aromatic heterocycles. The fraction of sp³-hybridized carbons (Fsp3) is 0.500. The first kappa shape index (κ1) is 20.1. The van der Waals surface area contributed by atoms with Crippen LogP contribution < -0.4 is 15.4 Å². The molecule has 0 saturated carbocycles. The van der Waals surface area contributed by atoms with E-state index in [-0.39, 0.29) is 18.0 Å². The number of fused-ring (bicyclic) bond motifs is 1. The lowest BCUT2D eigenvalue weighted by molar-refractivity contribution is -0.0172. The molecule has 0 atom stereocenters. The topological polar surface area (TPSA) is 80.9 Å². The molecule has 1 aliphatic rings. The number of benzene rings is 1. The number of aliphatic imine (C=N–C) groups is 1. The van der Waals surface area contributed by atoms with Crippen molar-refractivity contribution in [3.8, 4) is 5.75 Å². The SMILES string of the molecule is CN=C(NCCc1cc(F)cc2c1OCOC2)NCc1ncc(C(C)(C)C)o1. The number of hydrogen-bond donors (Lipinski definition) is 2. The van der Waals surface area contributed by atoms with Crippen molar-refractivity contribution in [3.05, 3.63) is 46.9 Å². The van der Waals surface area contributed by atoms with Gasteiger partial charge in [0.2, 0.25) is 5.89 Å². The van der Waals surface area contributed by atoms with Crippen molar-refractivity contribution >= 4 is 5.96 Å². The fourth-order valence-corrected chi connectivity index (χ4v) is 2.88. The van der Waals surface area contributed by atoms with Gasteiger partial charge in [-0.05, 0) is 24.1 Å². The minimum absolute atomic E-state index is 0.0810. The normalized spacial score (nSPS) is 14.4. The van der Waals surface area contributed by atoms with E-state index in [1.165, 1.54) is 12.1 Å². The molecule has 28 heavy (non-hydrogen) atoms. The molecule has 1 aromatic carbocycles. The van der Waals surface area contributed by atoms with Crippen LogP contribution in [0.3, 0.4) is 0 Å². The molecule has 0 fully saturated rings. The van der Waals surface area contributed by atoms with Crippen LogP contribution in [0.4, 0.5) is 4.39 Å². The van der Waals surface area contributed by atoms with E-state index in [0.717, 1.165) is 16.9 Å². The van der Waals surface area contributed by atoms with Crippen LogP contribution in [0.2, 0.25) is 0 Å². The molecule has 0 aliphatic carbocycles. The van der Waals surface area contributed by atoms with Gasteiger partial charge in [-0.25, -0.2) is 9.37 Å². The molecule has 3 rings (SSSR count). The van der Waals surface area contributed by atoms with Crippen LogP contribution in [-0.2, 0) is 29.7 Å². The van der Waals surface area contributed by atoms with Gasteiger partial charge in [-0.15, -0.1) is 0 Å². The first-order valence-corrected chi connectivity index (χ1v) is 9.28. The smallest absolute Gasteiger partial charge is 0.213 e. The highest BCUT2D eigenvalue weighted by atomic mass is 19.1. The van der Waals surface area contributed by atoms with Crippen LogP contribution >= 0.6 is 0 Å². The number of halogens is 1. The highest BCUT2D eigenvalue weighted by Gasteiger charge is 2.19. The van der Waals surface area contributed by atoms with Crippen LogP contribution in [-0.4, -0.2) is 31.3 Å². The zero-order chi connectivity index (χ0) is 20.1. The van der Waals surface area contributed by atoms with Crippen LogP contribution in [0.15, 0.2) is 27.7 Å². The van der Waals surface area contributed by atoms with Gasteiger partial charge < -0.3 is 24.5 Å². The quantitative estimate of drug-likeness (QED) is 0.604. The van der Waals surface area contributed by atoms with Crippen molar-refractivity contribution in [2.45, 2.75) is 45.8 Å². The number of aromatic nitrogens is 1. The monoisotopic (exact) mass is 390 g/mol. The standard InChI is InChI=1S/C20H27FN4O3/c1-20(2,3)16-9-24-17(28-16)10-25-19(22-4)23-6-5-13-7-15(21)8-14-11-26-12-27-18(13)14/h7-9H,5-6,10-12H2,1-4H3,(H2,22,23,25). The van der Waals surface area contributed by atoms with Gasteiger partial charge in [0.1, 0.15) is 17.3 Å². The summed E-state index contributed by atoms with van der Waals surface area (Å²) in [4.78, 5) is 8.49. The first-order chi connectivity index (χ1) is 13.4. The Hall–Kier alpha value is -2.61. The van der Waals surface area contributed by atoms with E-state index in [0.29, 0.717) is 43.7 Å². The van der Waals surface area contributed by atoms with Crippen molar-refractivity contribution in [2.75, 3.05) is 20.4 Å². The predicted octanol–water partition coefficient (Wildman–Crippen LogP) is 2.89. The van der Waals surface area contributed by atoms with E-state index in [2.05, 4.69) is 41.4 Å². The molecule has 2 N–H and O–H groups in total. The lowest BCUT2D eigenvalue weighted by Crippen LogP contribution is -2.38. The number of guanidine groups is 1. The van der Waals surface area contributed by atoms with E-state index >= 15 is 0 Å². The summed E-state index contributed by atoms with van der Waals surface area (Å²) in [6, 6.07) is 2.96. The van der Waals surface area contributed by atoms with Gasteiger partial charge in [-0.2, -0.15) is 0 Å². The summed E-state index contributed by atoms with van der Waals surface area (Å²) >= 11 is 0. The third-order valence-electron chi connectivity index (χ3n) is 4.36. The summed E-state index contributed by atoms with van der Waals surface area (Å²) in [6.45, 7) is 7.77. The van der Waals surface area contributed by atoms with Crippen LogP contribution in [0.1, 0.15) is 43.5 Å². The van der Waals surface area contributed by atoms with Gasteiger partial charge in [-0.1, -0.05) is 20.8 Å². The Morgan fingerprint density at radius 1 is 1.29 bits per heavy atom. The predicted molar refractivity (Wildman–Crippen MR) is 104 cm³/mol. The van der Waals surface area contributed by atoms with Gasteiger partial charge in [0.05, 0.1) is 19.3 Å². The number of hydrogen-bond acceptors (Lipinski definition) is 5. The fourth-order valence-electron chi connectivity index (χ4n) is 2.88. The Bertz CT molecular complexity index is 842. The minimum atomic E-state index is -0.288. The van der Waals surface area contributed by atoms with Crippen molar-refractivity contribution in [2.24, 2.45) is 4.99 Å². The molecular formula is C20H27FN4O3. The second-order valence-corrected chi connectivity index (χ2v) is 7.63. The molecule has 2 aromatic rings. The van der Waals surface area contributed by atoms with Crippen molar-refractivity contribution in [1.82, 2.24) is 15.6 Å². The van der Waals surface area contributed by atoms with Crippen molar-refractivity contribution < 1.29 is 18.3 Å². The Morgan fingerprint density at radius 2 is 2.11 bits per heavy atom. The first-order valence-electron chi connectivity index (χ1n) is 9.28. The summed E-state index contributed by atoms with van der Waals surface area (Å²) < 4.78 is 30.3. The van der Waals surface area contributed by atoms with E-state index in [4.69, 9.17) is 13.9 Å². The van der Waals surface area contributed by atoms with Gasteiger partial charge >= 0.3 is 0 Å². The lowest BCUT2D eigenvalue weighted by atomic mass is 9.94. The van der Waals surface area contributed by atoms with E-state index in [1.54, 1.807) is 13.2 Å². The summed E-state index contributed by atoms with van der Waals surface area (Å²) in [5.41, 5.74) is 1.47. The maximum absolute atomic E-state index is 13.8. The number of oxazole rings is 1. The molecule has 0 unspecified atom stereocenters. The zero-order valence-electron chi connectivity index (χ0n) is 16.8. The Balaban J connectivity index is 1.53. The van der Waals surface area contributed by atoms with Gasteiger partial charge in [-0.3, -0.25) is 4.99 Å². The van der Waals surface area contributed by atoms with Crippen molar-refractivity contribution in [3.63, 3.8) is 0 Å². The second-order valence-electron chi connectivity index (χ2n) is 7.63. The number of rotatable bonds is 5. The number of ether oxygens (including phenoxy) is 2. The Labute approximate surface area is 164 Å². The van der Waals surface area contributed by atoms with E-state index in [1.807, 2.05) is 0 Å². The molecule has 7 nitrogen and oxygen atoms in total. The summed E-state index contributed by atoms with van der Waals surface area (Å²) in [5.74, 6) is 2.48. The lowest BCUT2D eigenvalue weighted by Gasteiger charge is -2.21. The van der Waals surface area contributed by atoms with Gasteiger partial charge in [0, 0.05) is 24.6 Å². The maximum atomic E-state index is 13.8. The molecule has 8 heteroatoms. The second kappa shape index (κ2) is 8.60. The Morgan fingerprint density at radius 3 is 2.82 bits per heavy atom.